The minimum absolute atomic E-state index is 0.0768. The summed E-state index contributed by atoms with van der Waals surface area (Å²) >= 11 is 0. The number of carbonyl (C=O) groups excluding carboxylic acids is 1. The Bertz CT molecular complexity index is 641. The average molecular weight is 370 g/mol. The average Bonchev–Trinajstić information content (AvgIpc) is 2.54. The van der Waals surface area contributed by atoms with Gasteiger partial charge in [-0.1, -0.05) is 45.7 Å². The smallest absolute Gasteiger partial charge is 0.308 e. The molecule has 0 aliphatic rings. The lowest BCUT2D eigenvalue weighted by molar-refractivity contribution is -0.132. The van der Waals surface area contributed by atoms with Crippen molar-refractivity contribution in [3.05, 3.63) is 29.8 Å². The van der Waals surface area contributed by atoms with E-state index < -0.39 is 10.1 Å². The van der Waals surface area contributed by atoms with Crippen molar-refractivity contribution in [2.75, 3.05) is 12.3 Å². The third-order valence-corrected chi connectivity index (χ3v) is 4.93. The highest BCUT2D eigenvalue weighted by molar-refractivity contribution is 7.87. The number of carbonyl (C=O) groups is 1. The van der Waals surface area contributed by atoms with Gasteiger partial charge in [0.2, 0.25) is 5.91 Å². The van der Waals surface area contributed by atoms with Crippen LogP contribution in [0.1, 0.15) is 58.9 Å². The Morgan fingerprint density at radius 1 is 1.20 bits per heavy atom. The van der Waals surface area contributed by atoms with Crippen LogP contribution in [0.25, 0.3) is 0 Å². The maximum absolute atomic E-state index is 12.5. The molecule has 0 radical (unpaired) electrons. The topological polar surface area (TPSA) is 63.7 Å². The number of nitrogens with zero attached hydrogens (tertiary/aromatic N) is 1. The molecule has 1 aromatic rings. The molecule has 0 saturated carbocycles. The molecule has 142 valence electrons. The molecule has 25 heavy (non-hydrogen) atoms. The van der Waals surface area contributed by atoms with E-state index in [1.165, 1.54) is 0 Å². The summed E-state index contributed by atoms with van der Waals surface area (Å²) in [5.41, 5.74) is 0.869. The van der Waals surface area contributed by atoms with Crippen LogP contribution in [0.3, 0.4) is 0 Å². The predicted octanol–water partition coefficient (Wildman–Crippen LogP) is 3.98. The van der Waals surface area contributed by atoms with Crippen molar-refractivity contribution in [1.82, 2.24) is 4.90 Å². The summed E-state index contributed by atoms with van der Waals surface area (Å²) < 4.78 is 28.3. The summed E-state index contributed by atoms with van der Waals surface area (Å²) in [6, 6.07) is 6.95. The summed E-state index contributed by atoms with van der Waals surface area (Å²) in [4.78, 5) is 14.4. The molecule has 6 heteroatoms. The van der Waals surface area contributed by atoms with Crippen LogP contribution in [0.5, 0.6) is 5.75 Å². The van der Waals surface area contributed by atoms with Crippen LogP contribution in [0.2, 0.25) is 0 Å². The van der Waals surface area contributed by atoms with E-state index in [4.69, 9.17) is 4.18 Å². The molecule has 0 saturated heterocycles. The van der Waals surface area contributed by atoms with E-state index in [0.29, 0.717) is 31.2 Å². The molecule has 0 N–H and O–H groups in total. The Hall–Kier alpha value is -1.56. The molecular weight excluding hydrogens is 338 g/mol. The fourth-order valence-electron chi connectivity index (χ4n) is 2.50. The third-order valence-electron chi connectivity index (χ3n) is 3.78. The molecule has 0 fully saturated rings. The van der Waals surface area contributed by atoms with Gasteiger partial charge < -0.3 is 9.08 Å². The SMILES string of the molecule is CCCCCC(=O)N(Cc1cccc(OS(=O)(=O)CC)c1)CC(C)C. The van der Waals surface area contributed by atoms with E-state index in [2.05, 4.69) is 20.8 Å². The molecule has 1 aromatic carbocycles. The molecule has 1 rings (SSSR count). The number of rotatable bonds is 11. The van der Waals surface area contributed by atoms with Gasteiger partial charge in [-0.2, -0.15) is 8.42 Å². The molecule has 0 spiro atoms. The predicted molar refractivity (Wildman–Crippen MR) is 101 cm³/mol. The lowest BCUT2D eigenvalue weighted by Gasteiger charge is -2.25. The number of unbranched alkanes of at least 4 members (excludes halogenated alkanes) is 2. The van der Waals surface area contributed by atoms with Crippen LogP contribution in [-0.4, -0.2) is 31.5 Å². The molecule has 0 bridgehead atoms. The quantitative estimate of drug-likeness (QED) is 0.437. The zero-order chi connectivity index (χ0) is 18.9. The van der Waals surface area contributed by atoms with E-state index >= 15 is 0 Å². The first kappa shape index (κ1) is 21.5. The number of benzene rings is 1. The van der Waals surface area contributed by atoms with Gasteiger partial charge in [0, 0.05) is 19.5 Å². The van der Waals surface area contributed by atoms with Crippen LogP contribution in [0.4, 0.5) is 0 Å². The highest BCUT2D eigenvalue weighted by Gasteiger charge is 2.16. The molecule has 5 nitrogen and oxygen atoms in total. The Morgan fingerprint density at radius 3 is 2.52 bits per heavy atom. The largest absolute Gasteiger partial charge is 0.382 e. The summed E-state index contributed by atoms with van der Waals surface area (Å²) in [5.74, 6) is 0.735. The van der Waals surface area contributed by atoms with E-state index in [9.17, 15) is 13.2 Å². The maximum Gasteiger partial charge on any atom is 0.308 e. The van der Waals surface area contributed by atoms with Gasteiger partial charge in [0.1, 0.15) is 5.75 Å². The van der Waals surface area contributed by atoms with Crippen LogP contribution < -0.4 is 4.18 Å². The van der Waals surface area contributed by atoms with Crippen molar-refractivity contribution >= 4 is 16.0 Å². The van der Waals surface area contributed by atoms with E-state index in [-0.39, 0.29) is 11.7 Å². The van der Waals surface area contributed by atoms with Gasteiger partial charge in [-0.25, -0.2) is 0 Å². The second-order valence-corrected chi connectivity index (χ2v) is 8.56. The van der Waals surface area contributed by atoms with Gasteiger partial charge in [0.05, 0.1) is 5.75 Å². The standard InChI is InChI=1S/C19H31NO4S/c1-5-7-8-12-19(21)20(14-16(3)4)15-17-10-9-11-18(13-17)24-25(22,23)6-2/h9-11,13,16H,5-8,12,14-15H2,1-4H3. The second kappa shape index (κ2) is 10.4. The van der Waals surface area contributed by atoms with Crippen molar-refractivity contribution in [1.29, 1.82) is 0 Å². The summed E-state index contributed by atoms with van der Waals surface area (Å²) in [5, 5.41) is 0. The Kier molecular flexibility index (Phi) is 8.97. The highest BCUT2D eigenvalue weighted by Crippen LogP contribution is 2.18. The summed E-state index contributed by atoms with van der Waals surface area (Å²) in [6.45, 7) is 8.97. The number of hydrogen-bond donors (Lipinski definition) is 0. The first-order valence-corrected chi connectivity index (χ1v) is 10.6. The van der Waals surface area contributed by atoms with E-state index in [1.807, 2.05) is 11.0 Å². The van der Waals surface area contributed by atoms with Crippen LogP contribution in [0.15, 0.2) is 24.3 Å². The maximum atomic E-state index is 12.5. The first-order valence-electron chi connectivity index (χ1n) is 9.06. The molecule has 0 aromatic heterocycles. The van der Waals surface area contributed by atoms with Gasteiger partial charge in [-0.05, 0) is 37.0 Å². The van der Waals surface area contributed by atoms with Crippen molar-refractivity contribution in [2.24, 2.45) is 5.92 Å². The fraction of sp³-hybridized carbons (Fsp3) is 0.632. The molecule has 0 aliphatic carbocycles. The van der Waals surface area contributed by atoms with Gasteiger partial charge in [-0.15, -0.1) is 0 Å². The van der Waals surface area contributed by atoms with Gasteiger partial charge in [0.25, 0.3) is 0 Å². The fourth-order valence-corrected chi connectivity index (χ4v) is 3.02. The van der Waals surface area contributed by atoms with Crippen LogP contribution in [-0.2, 0) is 21.5 Å². The third kappa shape index (κ3) is 8.38. The van der Waals surface area contributed by atoms with Crippen molar-refractivity contribution < 1.29 is 17.4 Å². The Labute approximate surface area is 152 Å². The molecule has 1 amide bonds. The summed E-state index contributed by atoms with van der Waals surface area (Å²) in [6.07, 6.45) is 3.60. The number of amides is 1. The molecule has 0 unspecified atom stereocenters. The molecular formula is C19H31NO4S. The van der Waals surface area contributed by atoms with Gasteiger partial charge >= 0.3 is 10.1 Å². The minimum Gasteiger partial charge on any atom is -0.382 e. The van der Waals surface area contributed by atoms with Crippen molar-refractivity contribution in [3.63, 3.8) is 0 Å². The Balaban J connectivity index is 2.84. The lowest BCUT2D eigenvalue weighted by atomic mass is 10.1. The minimum atomic E-state index is -3.55. The number of hydrogen-bond acceptors (Lipinski definition) is 4. The summed E-state index contributed by atoms with van der Waals surface area (Å²) in [7, 11) is -3.55. The molecule has 0 heterocycles. The Morgan fingerprint density at radius 2 is 1.92 bits per heavy atom. The lowest BCUT2D eigenvalue weighted by Crippen LogP contribution is -2.33. The van der Waals surface area contributed by atoms with E-state index in [0.717, 1.165) is 24.8 Å². The van der Waals surface area contributed by atoms with E-state index in [1.54, 1.807) is 25.1 Å². The first-order chi connectivity index (χ1) is 11.8. The van der Waals surface area contributed by atoms with Gasteiger partial charge in [0.15, 0.2) is 0 Å². The van der Waals surface area contributed by atoms with Crippen molar-refractivity contribution in [2.45, 2.75) is 59.9 Å². The molecule has 0 atom stereocenters. The van der Waals surface area contributed by atoms with Crippen LogP contribution >= 0.6 is 0 Å². The highest BCUT2D eigenvalue weighted by atomic mass is 32.2. The second-order valence-electron chi connectivity index (χ2n) is 6.70. The van der Waals surface area contributed by atoms with Crippen LogP contribution in [0, 0.1) is 5.92 Å². The molecule has 0 aliphatic heterocycles. The van der Waals surface area contributed by atoms with Gasteiger partial charge in [-0.3, -0.25) is 4.79 Å². The van der Waals surface area contributed by atoms with Crippen molar-refractivity contribution in [3.8, 4) is 5.75 Å². The monoisotopic (exact) mass is 369 g/mol. The normalized spacial score (nSPS) is 11.6. The zero-order valence-electron chi connectivity index (χ0n) is 15.8. The zero-order valence-corrected chi connectivity index (χ0v) is 16.6.